The number of nitrogens with zero attached hydrogens (tertiary/aromatic N) is 1. The molecule has 0 radical (unpaired) electrons. The lowest BCUT2D eigenvalue weighted by Crippen LogP contribution is -2.44. The van der Waals surface area contributed by atoms with E-state index >= 15 is 0 Å². The lowest BCUT2D eigenvalue weighted by Gasteiger charge is -2.29. The predicted molar refractivity (Wildman–Crippen MR) is 82.3 cm³/mol. The van der Waals surface area contributed by atoms with Crippen molar-refractivity contribution in [3.8, 4) is 0 Å². The molecular formula is C15H29NO3S. The molecule has 0 aliphatic heterocycles. The summed E-state index contributed by atoms with van der Waals surface area (Å²) in [6.45, 7) is 6.49. The van der Waals surface area contributed by atoms with E-state index in [-0.39, 0.29) is 22.6 Å². The normalized spacial score (nSPS) is 23.9. The first-order chi connectivity index (χ1) is 9.02. The molecule has 4 nitrogen and oxygen atoms in total. The molecule has 1 aliphatic carbocycles. The van der Waals surface area contributed by atoms with Crippen molar-refractivity contribution in [3.63, 3.8) is 0 Å². The van der Waals surface area contributed by atoms with Gasteiger partial charge in [-0.1, -0.05) is 20.8 Å². The summed E-state index contributed by atoms with van der Waals surface area (Å²) in [5.74, 6) is 0.0785. The van der Waals surface area contributed by atoms with Crippen molar-refractivity contribution >= 4 is 15.7 Å². The van der Waals surface area contributed by atoms with Crippen molar-refractivity contribution in [2.75, 3.05) is 13.3 Å². The molecule has 0 spiro atoms. The largest absolute Gasteiger partial charge is 0.341 e. The first-order valence-corrected chi connectivity index (χ1v) is 9.42. The lowest BCUT2D eigenvalue weighted by atomic mass is 9.90. The Bertz CT molecular complexity index is 437. The third-order valence-corrected chi connectivity index (χ3v) is 5.83. The van der Waals surface area contributed by atoms with Gasteiger partial charge >= 0.3 is 0 Å². The molecule has 1 fully saturated rings. The van der Waals surface area contributed by atoms with Crippen molar-refractivity contribution in [1.29, 1.82) is 0 Å². The summed E-state index contributed by atoms with van der Waals surface area (Å²) < 4.78 is 23.6. The van der Waals surface area contributed by atoms with Gasteiger partial charge in [0.1, 0.15) is 0 Å². The topological polar surface area (TPSA) is 54.5 Å². The average molecular weight is 303 g/mol. The van der Waals surface area contributed by atoms with E-state index in [1.807, 2.05) is 0 Å². The molecule has 118 valence electrons. The summed E-state index contributed by atoms with van der Waals surface area (Å²) in [4.78, 5) is 13.9. The van der Waals surface area contributed by atoms with Gasteiger partial charge in [0.15, 0.2) is 9.84 Å². The molecule has 0 aromatic heterocycles. The molecule has 0 bridgehead atoms. The number of hydrogen-bond donors (Lipinski definition) is 0. The number of hydrogen-bond acceptors (Lipinski definition) is 3. The van der Waals surface area contributed by atoms with Crippen LogP contribution in [0.3, 0.4) is 0 Å². The summed E-state index contributed by atoms with van der Waals surface area (Å²) in [7, 11) is -1.31. The fourth-order valence-electron chi connectivity index (χ4n) is 2.98. The average Bonchev–Trinajstić information content (AvgIpc) is 2.74. The fourth-order valence-corrected chi connectivity index (χ4v) is 4.46. The molecular weight excluding hydrogens is 274 g/mol. The summed E-state index contributed by atoms with van der Waals surface area (Å²) in [5.41, 5.74) is 0.238. The third kappa shape index (κ3) is 5.08. The second-order valence-electron chi connectivity index (χ2n) is 7.29. The van der Waals surface area contributed by atoms with Crippen molar-refractivity contribution in [1.82, 2.24) is 4.90 Å². The van der Waals surface area contributed by atoms with Gasteiger partial charge in [-0.25, -0.2) is 8.42 Å². The van der Waals surface area contributed by atoms with Gasteiger partial charge in [-0.2, -0.15) is 0 Å². The van der Waals surface area contributed by atoms with Gasteiger partial charge in [-0.3, -0.25) is 4.79 Å². The van der Waals surface area contributed by atoms with Crippen LogP contribution in [0.25, 0.3) is 0 Å². The monoisotopic (exact) mass is 303 g/mol. The summed E-state index contributed by atoms with van der Waals surface area (Å²) in [5, 5.41) is -0.376. The minimum Gasteiger partial charge on any atom is -0.341 e. The molecule has 20 heavy (non-hydrogen) atoms. The number of carbonyl (C=O) groups excluding carboxylic acids is 1. The highest BCUT2D eigenvalue weighted by Crippen LogP contribution is 2.29. The Morgan fingerprint density at radius 3 is 2.35 bits per heavy atom. The molecule has 1 aliphatic rings. The van der Waals surface area contributed by atoms with Crippen LogP contribution < -0.4 is 0 Å². The van der Waals surface area contributed by atoms with Crippen LogP contribution in [-0.2, 0) is 14.6 Å². The summed E-state index contributed by atoms with van der Waals surface area (Å²) >= 11 is 0. The van der Waals surface area contributed by atoms with Crippen LogP contribution in [0, 0.1) is 5.41 Å². The zero-order valence-electron chi connectivity index (χ0n) is 13.5. The van der Waals surface area contributed by atoms with Crippen molar-refractivity contribution in [2.24, 2.45) is 5.41 Å². The minimum absolute atomic E-state index is 0.0785. The Morgan fingerprint density at radius 1 is 1.25 bits per heavy atom. The smallest absolute Gasteiger partial charge is 0.222 e. The highest BCUT2D eigenvalue weighted by molar-refractivity contribution is 7.91. The molecule has 0 aromatic rings. The van der Waals surface area contributed by atoms with Crippen LogP contribution in [0.15, 0.2) is 0 Å². The first-order valence-electron chi connectivity index (χ1n) is 7.47. The zero-order valence-corrected chi connectivity index (χ0v) is 14.3. The van der Waals surface area contributed by atoms with Crippen LogP contribution in [-0.4, -0.2) is 43.8 Å². The highest BCUT2D eigenvalue weighted by Gasteiger charge is 2.38. The first kappa shape index (κ1) is 17.5. The lowest BCUT2D eigenvalue weighted by molar-refractivity contribution is -0.132. The van der Waals surface area contributed by atoms with Gasteiger partial charge in [0, 0.05) is 25.8 Å². The molecule has 0 saturated heterocycles. The summed E-state index contributed by atoms with van der Waals surface area (Å²) in [6.07, 6.45) is 6.05. The molecule has 1 rings (SSSR count). The Balaban J connectivity index is 2.56. The number of amides is 1. The van der Waals surface area contributed by atoms with Crippen LogP contribution in [0.2, 0.25) is 0 Å². The SMILES string of the molecule is CN(C(=O)CCCC(C)(C)C)[C@@H]1CCC[C@@H]1S(C)(=O)=O. The number of carbonyl (C=O) groups is 1. The van der Waals surface area contributed by atoms with E-state index in [4.69, 9.17) is 0 Å². The van der Waals surface area contributed by atoms with Crippen LogP contribution in [0.5, 0.6) is 0 Å². The quantitative estimate of drug-likeness (QED) is 0.784. The van der Waals surface area contributed by atoms with Gasteiger partial charge in [0.05, 0.1) is 5.25 Å². The van der Waals surface area contributed by atoms with Crippen molar-refractivity contribution in [3.05, 3.63) is 0 Å². The number of sulfone groups is 1. The van der Waals surface area contributed by atoms with Gasteiger partial charge in [0.2, 0.25) is 5.91 Å². The Morgan fingerprint density at radius 2 is 1.85 bits per heavy atom. The Hall–Kier alpha value is -0.580. The van der Waals surface area contributed by atoms with E-state index in [2.05, 4.69) is 20.8 Å². The molecule has 1 amide bonds. The molecule has 0 N–H and O–H groups in total. The second-order valence-corrected chi connectivity index (χ2v) is 9.55. The molecule has 2 atom stereocenters. The fraction of sp³-hybridized carbons (Fsp3) is 0.933. The predicted octanol–water partition coefficient (Wildman–Crippen LogP) is 2.63. The molecule has 1 saturated carbocycles. The zero-order chi connectivity index (χ0) is 15.6. The maximum Gasteiger partial charge on any atom is 0.222 e. The molecule has 5 heteroatoms. The van der Waals surface area contributed by atoms with Crippen LogP contribution >= 0.6 is 0 Å². The van der Waals surface area contributed by atoms with Crippen molar-refractivity contribution in [2.45, 2.75) is 70.6 Å². The van der Waals surface area contributed by atoms with E-state index in [9.17, 15) is 13.2 Å². The van der Waals surface area contributed by atoms with Gasteiger partial charge in [0.25, 0.3) is 0 Å². The molecule has 0 heterocycles. The Labute approximate surface area is 123 Å². The van der Waals surface area contributed by atoms with Gasteiger partial charge in [-0.15, -0.1) is 0 Å². The van der Waals surface area contributed by atoms with Gasteiger partial charge < -0.3 is 4.90 Å². The molecule has 0 aromatic carbocycles. The van der Waals surface area contributed by atoms with Gasteiger partial charge in [-0.05, 0) is 37.5 Å². The van der Waals surface area contributed by atoms with E-state index in [1.165, 1.54) is 6.26 Å². The second kappa shape index (κ2) is 6.46. The number of rotatable bonds is 5. The minimum atomic E-state index is -3.07. The Kier molecular flexibility index (Phi) is 5.64. The molecule has 0 unspecified atom stereocenters. The highest BCUT2D eigenvalue weighted by atomic mass is 32.2. The van der Waals surface area contributed by atoms with E-state index in [1.54, 1.807) is 11.9 Å². The van der Waals surface area contributed by atoms with E-state index in [0.717, 1.165) is 25.7 Å². The van der Waals surface area contributed by atoms with Crippen molar-refractivity contribution < 1.29 is 13.2 Å². The van der Waals surface area contributed by atoms with Crippen LogP contribution in [0.4, 0.5) is 0 Å². The maximum absolute atomic E-state index is 12.2. The summed E-state index contributed by atoms with van der Waals surface area (Å²) in [6, 6.07) is -0.132. The maximum atomic E-state index is 12.2. The third-order valence-electron chi connectivity index (χ3n) is 4.18. The van der Waals surface area contributed by atoms with E-state index in [0.29, 0.717) is 12.8 Å². The van der Waals surface area contributed by atoms with Crippen LogP contribution in [0.1, 0.15) is 59.3 Å². The standard InChI is InChI=1S/C15H29NO3S/c1-15(2,3)11-7-10-14(17)16(4)12-8-6-9-13(12)20(5,18)19/h12-13H,6-11H2,1-5H3/t12-,13+/m1/s1. The van der Waals surface area contributed by atoms with E-state index < -0.39 is 9.84 Å².